The van der Waals surface area contributed by atoms with Crippen molar-refractivity contribution in [2.45, 2.75) is 11.8 Å². The highest BCUT2D eigenvalue weighted by atomic mass is 79.9. The minimum absolute atomic E-state index is 0.0639. The average Bonchev–Trinajstić information content (AvgIpc) is 2.39. The molecule has 0 aliphatic rings. The number of benzene rings is 1. The first-order valence-electron chi connectivity index (χ1n) is 6.03. The van der Waals surface area contributed by atoms with Gasteiger partial charge in [-0.1, -0.05) is 27.5 Å². The molecule has 0 aliphatic carbocycles. The third-order valence-corrected chi connectivity index (χ3v) is 4.57. The molecule has 1 aromatic carbocycles. The summed E-state index contributed by atoms with van der Waals surface area (Å²) >= 11 is 9.15. The normalized spacial score (nSPS) is 11.5. The van der Waals surface area contributed by atoms with Gasteiger partial charge in [0.2, 0.25) is 10.0 Å². The first-order valence-corrected chi connectivity index (χ1v) is 8.75. The van der Waals surface area contributed by atoms with Crippen molar-refractivity contribution in [2.24, 2.45) is 5.14 Å². The number of rotatable bonds is 6. The summed E-state index contributed by atoms with van der Waals surface area (Å²) in [5.74, 6) is -0.411. The van der Waals surface area contributed by atoms with Gasteiger partial charge in [0.25, 0.3) is 5.91 Å². The van der Waals surface area contributed by atoms with Crippen molar-refractivity contribution in [3.05, 3.63) is 27.2 Å². The Balaban J connectivity index is 3.13. The van der Waals surface area contributed by atoms with Gasteiger partial charge in [0.1, 0.15) is 4.90 Å². The van der Waals surface area contributed by atoms with E-state index in [1.54, 1.807) is 7.05 Å². The van der Waals surface area contributed by atoms with E-state index in [-0.39, 0.29) is 15.5 Å². The van der Waals surface area contributed by atoms with Crippen molar-refractivity contribution in [1.29, 1.82) is 0 Å². The Kier molecular flexibility index (Phi) is 6.61. The van der Waals surface area contributed by atoms with Gasteiger partial charge in [-0.15, -0.1) is 0 Å². The predicted octanol–water partition coefficient (Wildman–Crippen LogP) is 1.86. The summed E-state index contributed by atoms with van der Waals surface area (Å²) in [6.07, 6.45) is 0. The van der Waals surface area contributed by atoms with E-state index >= 15 is 0 Å². The summed E-state index contributed by atoms with van der Waals surface area (Å²) in [5.41, 5.74) is 0.0639. The second-order valence-corrected chi connectivity index (χ2v) is 7.06. The van der Waals surface area contributed by atoms with Crippen molar-refractivity contribution in [2.75, 3.05) is 26.8 Å². The second-order valence-electron chi connectivity index (χ2n) is 4.23. The van der Waals surface area contributed by atoms with Crippen LogP contribution in [0.3, 0.4) is 0 Å². The Morgan fingerprint density at radius 3 is 2.62 bits per heavy atom. The summed E-state index contributed by atoms with van der Waals surface area (Å²) in [4.78, 5) is 13.4. The van der Waals surface area contributed by atoms with E-state index in [9.17, 15) is 13.2 Å². The van der Waals surface area contributed by atoms with Crippen molar-refractivity contribution in [1.82, 2.24) is 4.90 Å². The van der Waals surface area contributed by atoms with E-state index < -0.39 is 15.9 Å². The number of nitrogens with zero attached hydrogens (tertiary/aromatic N) is 1. The van der Waals surface area contributed by atoms with E-state index in [4.69, 9.17) is 21.5 Å². The van der Waals surface area contributed by atoms with Crippen LogP contribution in [-0.2, 0) is 14.8 Å². The Hall–Kier alpha value is -0.670. The van der Waals surface area contributed by atoms with Gasteiger partial charge in [-0.05, 0) is 19.1 Å². The lowest BCUT2D eigenvalue weighted by Crippen LogP contribution is -2.30. The van der Waals surface area contributed by atoms with Crippen molar-refractivity contribution in [3.63, 3.8) is 0 Å². The van der Waals surface area contributed by atoms with Crippen molar-refractivity contribution < 1.29 is 17.9 Å². The van der Waals surface area contributed by atoms with E-state index in [2.05, 4.69) is 15.9 Å². The Morgan fingerprint density at radius 2 is 2.10 bits per heavy atom. The maximum atomic E-state index is 12.3. The number of sulfonamides is 1. The molecule has 118 valence electrons. The Morgan fingerprint density at radius 1 is 1.48 bits per heavy atom. The fourth-order valence-electron chi connectivity index (χ4n) is 1.58. The fraction of sp³-hybridized carbons (Fsp3) is 0.417. The van der Waals surface area contributed by atoms with Crippen molar-refractivity contribution >= 4 is 43.5 Å². The van der Waals surface area contributed by atoms with Crippen LogP contribution in [-0.4, -0.2) is 46.0 Å². The molecule has 0 heterocycles. The number of nitrogens with two attached hydrogens (primary N) is 1. The summed E-state index contributed by atoms with van der Waals surface area (Å²) < 4.78 is 28.5. The molecule has 0 spiro atoms. The molecule has 0 aromatic heterocycles. The van der Waals surface area contributed by atoms with Gasteiger partial charge in [0.05, 0.1) is 17.2 Å². The van der Waals surface area contributed by atoms with Gasteiger partial charge < -0.3 is 9.64 Å². The zero-order valence-electron chi connectivity index (χ0n) is 11.6. The van der Waals surface area contributed by atoms with Gasteiger partial charge >= 0.3 is 0 Å². The number of amides is 1. The molecule has 0 saturated heterocycles. The number of likely N-dealkylation sites (N-methyl/N-ethyl adjacent to an activating group) is 1. The highest BCUT2D eigenvalue weighted by Crippen LogP contribution is 2.29. The zero-order valence-corrected chi connectivity index (χ0v) is 14.8. The number of ether oxygens (including phenoxy) is 1. The smallest absolute Gasteiger partial charge is 0.255 e. The summed E-state index contributed by atoms with van der Waals surface area (Å²) in [6.45, 7) is 3.15. The van der Waals surface area contributed by atoms with E-state index in [1.165, 1.54) is 17.0 Å². The molecular formula is C12H16BrClN2O4S. The molecular weight excluding hydrogens is 384 g/mol. The topological polar surface area (TPSA) is 89.7 Å². The van der Waals surface area contributed by atoms with Crippen molar-refractivity contribution in [3.8, 4) is 0 Å². The maximum absolute atomic E-state index is 12.3. The number of carbonyl (C=O) groups excluding carboxylic acids is 1. The highest BCUT2D eigenvalue weighted by molar-refractivity contribution is 9.10. The van der Waals surface area contributed by atoms with Gasteiger partial charge in [-0.25, -0.2) is 13.6 Å². The van der Waals surface area contributed by atoms with Crippen LogP contribution in [0.25, 0.3) is 0 Å². The second kappa shape index (κ2) is 7.55. The lowest BCUT2D eigenvalue weighted by molar-refractivity contribution is 0.0710. The fourth-order valence-corrected chi connectivity index (χ4v) is 3.35. The summed E-state index contributed by atoms with van der Waals surface area (Å²) in [7, 11) is -2.44. The van der Waals surface area contributed by atoms with E-state index in [0.717, 1.165) is 0 Å². The molecule has 1 amide bonds. The largest absolute Gasteiger partial charge is 0.380 e. The molecule has 0 atom stereocenters. The van der Waals surface area contributed by atoms with Crippen LogP contribution in [0.4, 0.5) is 0 Å². The molecule has 0 bridgehead atoms. The van der Waals surface area contributed by atoms with Gasteiger partial charge in [0.15, 0.2) is 0 Å². The summed E-state index contributed by atoms with van der Waals surface area (Å²) in [6, 6.07) is 2.71. The molecule has 1 aromatic rings. The molecule has 1 rings (SSSR count). The monoisotopic (exact) mass is 398 g/mol. The van der Waals surface area contributed by atoms with Crippen LogP contribution in [0.5, 0.6) is 0 Å². The maximum Gasteiger partial charge on any atom is 0.255 e. The minimum Gasteiger partial charge on any atom is -0.380 e. The number of hydrogen-bond donors (Lipinski definition) is 1. The molecule has 0 unspecified atom stereocenters. The van der Waals surface area contributed by atoms with Gasteiger partial charge in [0, 0.05) is 24.7 Å². The van der Waals surface area contributed by atoms with Crippen LogP contribution < -0.4 is 5.14 Å². The molecule has 2 N–H and O–H groups in total. The average molecular weight is 400 g/mol. The standard InChI is InChI=1S/C12H16BrClN2O4S/c1-3-20-5-4-16(2)12(17)9-6-8(13)7-10(11(9)14)21(15,18)19/h6-7H,3-5H2,1-2H3,(H2,15,18,19). The number of primary sulfonamides is 1. The molecule has 21 heavy (non-hydrogen) atoms. The Bertz CT molecular complexity index is 636. The highest BCUT2D eigenvalue weighted by Gasteiger charge is 2.23. The van der Waals surface area contributed by atoms with Crippen LogP contribution >= 0.6 is 27.5 Å². The number of carbonyl (C=O) groups is 1. The molecule has 9 heteroatoms. The number of hydrogen-bond acceptors (Lipinski definition) is 4. The lowest BCUT2D eigenvalue weighted by Gasteiger charge is -2.18. The molecule has 0 aliphatic heterocycles. The summed E-state index contributed by atoms with van der Waals surface area (Å²) in [5, 5.41) is 4.91. The molecule has 0 radical (unpaired) electrons. The minimum atomic E-state index is -4.02. The van der Waals surface area contributed by atoms with Gasteiger partial charge in [-0.3, -0.25) is 4.79 Å². The van der Waals surface area contributed by atoms with E-state index in [0.29, 0.717) is 24.2 Å². The Labute approximate surface area is 137 Å². The molecule has 6 nitrogen and oxygen atoms in total. The first-order chi connectivity index (χ1) is 9.68. The van der Waals surface area contributed by atoms with Crippen LogP contribution in [0.1, 0.15) is 17.3 Å². The van der Waals surface area contributed by atoms with Crippen LogP contribution in [0.15, 0.2) is 21.5 Å². The first kappa shape index (κ1) is 18.4. The van der Waals surface area contributed by atoms with Crippen LogP contribution in [0.2, 0.25) is 5.02 Å². The molecule has 0 fully saturated rings. The van der Waals surface area contributed by atoms with E-state index in [1.807, 2.05) is 6.92 Å². The third kappa shape index (κ3) is 4.93. The van der Waals surface area contributed by atoms with Crippen LogP contribution in [0, 0.1) is 0 Å². The predicted molar refractivity (Wildman–Crippen MR) is 84.0 cm³/mol. The zero-order chi connectivity index (χ0) is 16.2. The quantitative estimate of drug-likeness (QED) is 0.739. The third-order valence-electron chi connectivity index (χ3n) is 2.66. The molecule has 0 saturated carbocycles. The van der Waals surface area contributed by atoms with Gasteiger partial charge in [-0.2, -0.15) is 0 Å². The lowest BCUT2D eigenvalue weighted by atomic mass is 10.2. The SMILES string of the molecule is CCOCCN(C)C(=O)c1cc(Br)cc(S(N)(=O)=O)c1Cl. The number of halogens is 2.